The van der Waals surface area contributed by atoms with E-state index < -0.39 is 0 Å². The standard InChI is InChI=1S/C39H23NO/c41-39-32-20-9-4-14-26(32)33-22-25(23-34-27-15-10-11-21-35(27)40(39)38(33)34)37-30-18-7-5-16-28(30)36(24-12-2-1-3-13-24)29-17-6-8-19-31(29)37/h1-23H. The Morgan fingerprint density at radius 1 is 0.366 bits per heavy atom. The molecule has 0 aliphatic rings. The SMILES string of the molecule is O=c1c2ccccc2c2cc(-c3c4ccccc4c(-c4ccccc4)c4ccccc34)cc3c4ccccc4n1c23. The molecule has 0 unspecified atom stereocenters. The third-order valence-corrected chi connectivity index (χ3v) is 8.70. The van der Waals surface area contributed by atoms with Crippen molar-refractivity contribution in [3.63, 3.8) is 0 Å². The Bertz CT molecular complexity index is 2480. The molecule has 0 aliphatic carbocycles. The first-order valence-corrected chi connectivity index (χ1v) is 14.0. The highest BCUT2D eigenvalue weighted by atomic mass is 16.1. The lowest BCUT2D eigenvalue weighted by Crippen LogP contribution is -2.12. The number of benzene rings is 7. The topological polar surface area (TPSA) is 21.5 Å². The molecule has 41 heavy (non-hydrogen) atoms. The van der Waals surface area contributed by atoms with Gasteiger partial charge in [0.25, 0.3) is 5.56 Å². The summed E-state index contributed by atoms with van der Waals surface area (Å²) in [7, 11) is 0. The number of hydrogen-bond acceptors (Lipinski definition) is 1. The summed E-state index contributed by atoms with van der Waals surface area (Å²) >= 11 is 0. The van der Waals surface area contributed by atoms with Crippen LogP contribution >= 0.6 is 0 Å². The van der Waals surface area contributed by atoms with Gasteiger partial charge in [0.1, 0.15) is 0 Å². The molecule has 9 rings (SSSR count). The van der Waals surface area contributed by atoms with E-state index in [1.165, 1.54) is 38.2 Å². The van der Waals surface area contributed by atoms with E-state index >= 15 is 0 Å². The Labute approximate surface area is 235 Å². The van der Waals surface area contributed by atoms with Gasteiger partial charge < -0.3 is 0 Å². The van der Waals surface area contributed by atoms with Gasteiger partial charge >= 0.3 is 0 Å². The Morgan fingerprint density at radius 2 is 0.805 bits per heavy atom. The molecule has 0 bridgehead atoms. The molecule has 0 N–H and O–H groups in total. The molecule has 2 heterocycles. The van der Waals surface area contributed by atoms with Crippen LogP contribution < -0.4 is 5.56 Å². The fraction of sp³-hybridized carbons (Fsp3) is 0. The summed E-state index contributed by atoms with van der Waals surface area (Å²) in [5.74, 6) is 0. The molecule has 190 valence electrons. The summed E-state index contributed by atoms with van der Waals surface area (Å²) in [5, 5.41) is 9.96. The number of nitrogens with zero attached hydrogens (tertiary/aromatic N) is 1. The van der Waals surface area contributed by atoms with Crippen LogP contribution in [0.5, 0.6) is 0 Å². The van der Waals surface area contributed by atoms with Crippen molar-refractivity contribution in [1.29, 1.82) is 0 Å². The molecule has 0 saturated carbocycles. The zero-order valence-corrected chi connectivity index (χ0v) is 22.1. The molecular formula is C39H23NO. The van der Waals surface area contributed by atoms with Gasteiger partial charge in [0.2, 0.25) is 0 Å². The third-order valence-electron chi connectivity index (χ3n) is 8.70. The fourth-order valence-corrected chi connectivity index (χ4v) is 7.04. The molecule has 0 saturated heterocycles. The van der Waals surface area contributed by atoms with Gasteiger partial charge in [-0.3, -0.25) is 9.20 Å². The highest BCUT2D eigenvalue weighted by molar-refractivity contribution is 6.25. The van der Waals surface area contributed by atoms with Crippen LogP contribution in [-0.4, -0.2) is 4.40 Å². The van der Waals surface area contributed by atoms with Crippen molar-refractivity contribution in [2.75, 3.05) is 0 Å². The van der Waals surface area contributed by atoms with Crippen molar-refractivity contribution < 1.29 is 0 Å². The van der Waals surface area contributed by atoms with Crippen LogP contribution in [0.1, 0.15) is 0 Å². The molecule has 0 atom stereocenters. The van der Waals surface area contributed by atoms with Gasteiger partial charge in [-0.1, -0.05) is 115 Å². The van der Waals surface area contributed by atoms with Crippen molar-refractivity contribution >= 4 is 59.5 Å². The number of hydrogen-bond donors (Lipinski definition) is 0. The predicted molar refractivity (Wildman–Crippen MR) is 173 cm³/mol. The molecule has 0 amide bonds. The van der Waals surface area contributed by atoms with Gasteiger partial charge in [-0.2, -0.15) is 0 Å². The quantitative estimate of drug-likeness (QED) is 0.164. The maximum Gasteiger partial charge on any atom is 0.263 e. The van der Waals surface area contributed by atoms with E-state index in [0.29, 0.717) is 0 Å². The van der Waals surface area contributed by atoms with Crippen LogP contribution in [0.2, 0.25) is 0 Å². The van der Waals surface area contributed by atoms with Crippen molar-refractivity contribution in [3.05, 3.63) is 150 Å². The average molecular weight is 522 g/mol. The van der Waals surface area contributed by atoms with Crippen LogP contribution in [0.15, 0.2) is 144 Å². The lowest BCUT2D eigenvalue weighted by atomic mass is 9.85. The Morgan fingerprint density at radius 3 is 1.41 bits per heavy atom. The number of rotatable bonds is 2. The minimum Gasteiger partial charge on any atom is -0.275 e. The highest BCUT2D eigenvalue weighted by Crippen LogP contribution is 2.46. The van der Waals surface area contributed by atoms with Crippen LogP contribution in [0, 0.1) is 0 Å². The molecule has 7 aromatic carbocycles. The second kappa shape index (κ2) is 8.27. The molecule has 2 heteroatoms. The molecular weight excluding hydrogens is 498 g/mol. The molecule has 0 aliphatic heterocycles. The van der Waals surface area contributed by atoms with E-state index in [4.69, 9.17) is 0 Å². The van der Waals surface area contributed by atoms with Gasteiger partial charge in [-0.15, -0.1) is 0 Å². The molecule has 0 spiro atoms. The zero-order chi connectivity index (χ0) is 27.1. The van der Waals surface area contributed by atoms with E-state index in [2.05, 4.69) is 115 Å². The Balaban J connectivity index is 1.52. The Kier molecular flexibility index (Phi) is 4.51. The lowest BCUT2D eigenvalue weighted by molar-refractivity contribution is 1.21. The number of pyridine rings is 1. The van der Waals surface area contributed by atoms with Crippen LogP contribution in [0.3, 0.4) is 0 Å². The number of para-hydroxylation sites is 1. The summed E-state index contributed by atoms with van der Waals surface area (Å²) in [6.45, 7) is 0. The van der Waals surface area contributed by atoms with Crippen LogP contribution in [0.4, 0.5) is 0 Å². The fourth-order valence-electron chi connectivity index (χ4n) is 7.04. The largest absolute Gasteiger partial charge is 0.275 e. The van der Waals surface area contributed by atoms with Crippen LogP contribution in [0.25, 0.3) is 81.8 Å². The molecule has 2 nitrogen and oxygen atoms in total. The van der Waals surface area contributed by atoms with Gasteiger partial charge in [0.15, 0.2) is 0 Å². The monoisotopic (exact) mass is 521 g/mol. The third kappa shape index (κ3) is 2.99. The lowest BCUT2D eigenvalue weighted by Gasteiger charge is -2.18. The molecule has 0 radical (unpaired) electrons. The second-order valence-corrected chi connectivity index (χ2v) is 10.8. The van der Waals surface area contributed by atoms with E-state index in [-0.39, 0.29) is 5.56 Å². The van der Waals surface area contributed by atoms with Gasteiger partial charge in [-0.05, 0) is 73.5 Å². The second-order valence-electron chi connectivity index (χ2n) is 10.8. The summed E-state index contributed by atoms with van der Waals surface area (Å²) in [6.07, 6.45) is 0. The van der Waals surface area contributed by atoms with E-state index in [9.17, 15) is 4.79 Å². The first-order valence-electron chi connectivity index (χ1n) is 14.0. The van der Waals surface area contributed by atoms with E-state index in [0.717, 1.165) is 43.5 Å². The first-order chi connectivity index (χ1) is 20.3. The summed E-state index contributed by atoms with van der Waals surface area (Å²) in [4.78, 5) is 13.8. The van der Waals surface area contributed by atoms with E-state index in [1.807, 2.05) is 28.7 Å². The van der Waals surface area contributed by atoms with Crippen molar-refractivity contribution in [2.45, 2.75) is 0 Å². The Hall–Kier alpha value is -5.47. The zero-order valence-electron chi connectivity index (χ0n) is 22.1. The molecule has 9 aromatic rings. The predicted octanol–water partition coefficient (Wildman–Crippen LogP) is 9.84. The van der Waals surface area contributed by atoms with E-state index in [1.54, 1.807) is 0 Å². The minimum absolute atomic E-state index is 0.0372. The molecule has 2 aromatic heterocycles. The maximum atomic E-state index is 13.8. The van der Waals surface area contributed by atoms with Crippen molar-refractivity contribution in [1.82, 2.24) is 4.40 Å². The minimum atomic E-state index is 0.0372. The van der Waals surface area contributed by atoms with Crippen molar-refractivity contribution in [3.8, 4) is 22.3 Å². The van der Waals surface area contributed by atoms with Gasteiger partial charge in [-0.25, -0.2) is 0 Å². The van der Waals surface area contributed by atoms with Crippen molar-refractivity contribution in [2.24, 2.45) is 0 Å². The normalized spacial score (nSPS) is 12.0. The summed E-state index contributed by atoms with van der Waals surface area (Å²) in [6, 6.07) is 49.1. The first kappa shape index (κ1) is 22.4. The highest BCUT2D eigenvalue weighted by Gasteiger charge is 2.21. The summed E-state index contributed by atoms with van der Waals surface area (Å²) < 4.78 is 1.92. The maximum absolute atomic E-state index is 13.8. The smallest absolute Gasteiger partial charge is 0.263 e. The number of fused-ring (bicyclic) bond motifs is 7. The summed E-state index contributed by atoms with van der Waals surface area (Å²) in [5.41, 5.74) is 6.84. The number of aromatic nitrogens is 1. The average Bonchev–Trinajstić information content (AvgIpc) is 3.37. The van der Waals surface area contributed by atoms with Gasteiger partial charge in [0, 0.05) is 21.5 Å². The van der Waals surface area contributed by atoms with Gasteiger partial charge in [0.05, 0.1) is 11.0 Å². The molecule has 0 fully saturated rings. The van der Waals surface area contributed by atoms with Crippen LogP contribution in [-0.2, 0) is 0 Å².